The number of rotatable bonds is 7. The van der Waals surface area contributed by atoms with E-state index >= 15 is 0 Å². The van der Waals surface area contributed by atoms with E-state index in [4.69, 9.17) is 11.6 Å². The Kier molecular flexibility index (Phi) is 6.84. The lowest BCUT2D eigenvalue weighted by Crippen LogP contribution is -2.47. The third-order valence-corrected chi connectivity index (χ3v) is 5.87. The van der Waals surface area contributed by atoms with Crippen molar-refractivity contribution in [2.24, 2.45) is 0 Å². The van der Waals surface area contributed by atoms with Crippen LogP contribution in [-0.4, -0.2) is 35.2 Å². The first-order valence-corrected chi connectivity index (χ1v) is 11.0. The molecule has 0 N–H and O–H groups in total. The van der Waals surface area contributed by atoms with Gasteiger partial charge in [0, 0.05) is 11.6 Å². The number of carbonyl (C=O) groups is 3. The van der Waals surface area contributed by atoms with Crippen LogP contribution < -0.4 is 4.90 Å². The summed E-state index contributed by atoms with van der Waals surface area (Å²) in [5, 5.41) is 0.587. The van der Waals surface area contributed by atoms with E-state index in [-0.39, 0.29) is 25.3 Å². The summed E-state index contributed by atoms with van der Waals surface area (Å²) in [7, 11) is 0. The van der Waals surface area contributed by atoms with Gasteiger partial charge in [-0.25, -0.2) is 9.29 Å². The SMILES string of the molecule is O=C1CC(N(CCc2cccc(Cl)c2)C(=O)Cc2ccccc2)C(=O)N1c1ccc(F)cc1. The van der Waals surface area contributed by atoms with Crippen LogP contribution in [0.1, 0.15) is 17.5 Å². The molecular formula is C26H22ClFN2O3. The fourth-order valence-electron chi connectivity index (χ4n) is 3.99. The number of benzene rings is 3. The Balaban J connectivity index is 1.58. The van der Waals surface area contributed by atoms with Crippen LogP contribution in [-0.2, 0) is 27.2 Å². The molecule has 0 aromatic heterocycles. The Morgan fingerprint density at radius 1 is 0.970 bits per heavy atom. The highest BCUT2D eigenvalue weighted by Gasteiger charge is 2.44. The molecule has 0 bridgehead atoms. The van der Waals surface area contributed by atoms with Crippen LogP contribution in [0.2, 0.25) is 5.02 Å². The molecule has 1 fully saturated rings. The van der Waals surface area contributed by atoms with Gasteiger partial charge in [-0.05, 0) is 53.9 Å². The third-order valence-electron chi connectivity index (χ3n) is 5.63. The lowest BCUT2D eigenvalue weighted by Gasteiger charge is -2.28. The molecule has 0 saturated carbocycles. The first kappa shape index (κ1) is 22.7. The number of hydrogen-bond donors (Lipinski definition) is 0. The molecule has 1 heterocycles. The topological polar surface area (TPSA) is 57.7 Å². The second-order valence-electron chi connectivity index (χ2n) is 7.89. The van der Waals surface area contributed by atoms with Crippen molar-refractivity contribution in [1.82, 2.24) is 4.90 Å². The lowest BCUT2D eigenvalue weighted by atomic mass is 10.1. The summed E-state index contributed by atoms with van der Waals surface area (Å²) in [5.74, 6) is -1.61. The predicted molar refractivity (Wildman–Crippen MR) is 124 cm³/mol. The van der Waals surface area contributed by atoms with Gasteiger partial charge in [-0.1, -0.05) is 54.1 Å². The van der Waals surface area contributed by atoms with E-state index in [1.165, 1.54) is 29.2 Å². The maximum Gasteiger partial charge on any atom is 0.257 e. The normalized spacial score (nSPS) is 15.7. The number of nitrogens with zero attached hydrogens (tertiary/aromatic N) is 2. The van der Waals surface area contributed by atoms with Crippen molar-refractivity contribution in [2.45, 2.75) is 25.3 Å². The van der Waals surface area contributed by atoms with Gasteiger partial charge in [-0.2, -0.15) is 0 Å². The van der Waals surface area contributed by atoms with Crippen molar-refractivity contribution >= 4 is 35.0 Å². The zero-order valence-electron chi connectivity index (χ0n) is 17.8. The first-order valence-electron chi connectivity index (χ1n) is 10.6. The molecule has 33 heavy (non-hydrogen) atoms. The average molecular weight is 465 g/mol. The van der Waals surface area contributed by atoms with Crippen molar-refractivity contribution in [3.8, 4) is 0 Å². The van der Waals surface area contributed by atoms with E-state index in [0.717, 1.165) is 16.0 Å². The molecule has 0 spiro atoms. The van der Waals surface area contributed by atoms with Gasteiger partial charge in [0.25, 0.3) is 5.91 Å². The number of anilines is 1. The Morgan fingerprint density at radius 3 is 2.36 bits per heavy atom. The monoisotopic (exact) mass is 464 g/mol. The average Bonchev–Trinajstić information content (AvgIpc) is 3.09. The van der Waals surface area contributed by atoms with Crippen LogP contribution in [0.15, 0.2) is 78.9 Å². The van der Waals surface area contributed by atoms with Gasteiger partial charge >= 0.3 is 0 Å². The van der Waals surface area contributed by atoms with Crippen LogP contribution in [0.4, 0.5) is 10.1 Å². The van der Waals surface area contributed by atoms with E-state index in [1.807, 2.05) is 48.5 Å². The number of imide groups is 1. The summed E-state index contributed by atoms with van der Waals surface area (Å²) >= 11 is 6.08. The fourth-order valence-corrected chi connectivity index (χ4v) is 4.20. The summed E-state index contributed by atoms with van der Waals surface area (Å²) in [6, 6.07) is 20.8. The molecule has 4 rings (SSSR count). The molecule has 1 unspecified atom stereocenters. The molecule has 1 saturated heterocycles. The molecule has 3 aromatic rings. The Bertz CT molecular complexity index is 1170. The third kappa shape index (κ3) is 5.29. The molecule has 7 heteroatoms. The lowest BCUT2D eigenvalue weighted by molar-refractivity contribution is -0.137. The van der Waals surface area contributed by atoms with E-state index in [0.29, 0.717) is 17.1 Å². The molecule has 0 aliphatic carbocycles. The Morgan fingerprint density at radius 2 is 1.67 bits per heavy atom. The molecule has 1 aliphatic rings. The molecule has 3 amide bonds. The van der Waals surface area contributed by atoms with Gasteiger partial charge in [0.15, 0.2) is 0 Å². The molecule has 3 aromatic carbocycles. The number of carbonyl (C=O) groups excluding carboxylic acids is 3. The first-order chi connectivity index (χ1) is 15.9. The van der Waals surface area contributed by atoms with E-state index < -0.39 is 23.7 Å². The second kappa shape index (κ2) is 9.96. The molecule has 5 nitrogen and oxygen atoms in total. The minimum absolute atomic E-state index is 0.116. The Hall–Kier alpha value is -3.51. The quantitative estimate of drug-likeness (QED) is 0.486. The number of amides is 3. The highest BCUT2D eigenvalue weighted by molar-refractivity contribution is 6.30. The van der Waals surface area contributed by atoms with Gasteiger partial charge in [-0.3, -0.25) is 14.4 Å². The van der Waals surface area contributed by atoms with Gasteiger partial charge < -0.3 is 4.90 Å². The van der Waals surface area contributed by atoms with Gasteiger partial charge in [-0.15, -0.1) is 0 Å². The minimum atomic E-state index is -0.919. The van der Waals surface area contributed by atoms with E-state index in [1.54, 1.807) is 6.07 Å². The molecule has 1 atom stereocenters. The predicted octanol–water partition coefficient (Wildman–Crippen LogP) is 4.43. The summed E-state index contributed by atoms with van der Waals surface area (Å²) in [5.41, 5.74) is 2.04. The summed E-state index contributed by atoms with van der Waals surface area (Å²) in [4.78, 5) is 41.8. The van der Waals surface area contributed by atoms with E-state index in [2.05, 4.69) is 0 Å². The highest BCUT2D eigenvalue weighted by Crippen LogP contribution is 2.27. The van der Waals surface area contributed by atoms with Gasteiger partial charge in [0.05, 0.1) is 18.5 Å². The zero-order valence-corrected chi connectivity index (χ0v) is 18.5. The van der Waals surface area contributed by atoms with Crippen LogP contribution in [0.25, 0.3) is 0 Å². The summed E-state index contributed by atoms with van der Waals surface area (Å²) in [6.07, 6.45) is 0.479. The Labute approximate surface area is 196 Å². The van der Waals surface area contributed by atoms with Crippen molar-refractivity contribution in [1.29, 1.82) is 0 Å². The maximum absolute atomic E-state index is 13.3. The van der Waals surface area contributed by atoms with Crippen molar-refractivity contribution in [2.75, 3.05) is 11.4 Å². The molecule has 1 aliphatic heterocycles. The van der Waals surface area contributed by atoms with Gasteiger partial charge in [0.2, 0.25) is 11.8 Å². The van der Waals surface area contributed by atoms with Crippen molar-refractivity contribution in [3.63, 3.8) is 0 Å². The largest absolute Gasteiger partial charge is 0.329 e. The van der Waals surface area contributed by atoms with Crippen LogP contribution in [0.5, 0.6) is 0 Å². The minimum Gasteiger partial charge on any atom is -0.329 e. The number of hydrogen-bond acceptors (Lipinski definition) is 3. The van der Waals surface area contributed by atoms with Crippen LogP contribution >= 0.6 is 11.6 Å². The summed E-state index contributed by atoms with van der Waals surface area (Å²) < 4.78 is 13.3. The van der Waals surface area contributed by atoms with Crippen molar-refractivity contribution < 1.29 is 18.8 Å². The highest BCUT2D eigenvalue weighted by atomic mass is 35.5. The van der Waals surface area contributed by atoms with Crippen LogP contribution in [0, 0.1) is 5.82 Å². The number of halogens is 2. The fraction of sp³-hybridized carbons (Fsp3) is 0.192. The van der Waals surface area contributed by atoms with E-state index in [9.17, 15) is 18.8 Å². The smallest absolute Gasteiger partial charge is 0.257 e. The molecule has 168 valence electrons. The second-order valence-corrected chi connectivity index (χ2v) is 8.33. The maximum atomic E-state index is 13.3. The van der Waals surface area contributed by atoms with Crippen molar-refractivity contribution in [3.05, 3.63) is 101 Å². The van der Waals surface area contributed by atoms with Crippen LogP contribution in [0.3, 0.4) is 0 Å². The molecular weight excluding hydrogens is 443 g/mol. The van der Waals surface area contributed by atoms with Gasteiger partial charge in [0.1, 0.15) is 11.9 Å². The zero-order chi connectivity index (χ0) is 23.4. The standard InChI is InChI=1S/C26H22ClFN2O3/c27-20-8-4-7-19(15-20)13-14-29(24(31)16-18-5-2-1-3-6-18)23-17-25(32)30(26(23)33)22-11-9-21(28)10-12-22/h1-12,15,23H,13-14,16-17H2. The summed E-state index contributed by atoms with van der Waals surface area (Å²) in [6.45, 7) is 0.257. The molecule has 0 radical (unpaired) electrons.